The van der Waals surface area contributed by atoms with Crippen molar-refractivity contribution in [3.8, 4) is 5.88 Å². The molecule has 0 saturated carbocycles. The summed E-state index contributed by atoms with van der Waals surface area (Å²) in [7, 11) is 1.45. The molecule has 112 valence electrons. The van der Waals surface area contributed by atoms with E-state index in [9.17, 15) is 13.2 Å². The van der Waals surface area contributed by atoms with E-state index in [1.807, 2.05) is 0 Å². The first-order valence-electron chi connectivity index (χ1n) is 5.78. The van der Waals surface area contributed by atoms with Gasteiger partial charge < -0.3 is 15.8 Å². The SMILES string of the molecule is COc1cc(Nc2ncc(C(F)(F)F)c(N)n2)c(C)cn1. The fraction of sp³-hybridized carbons (Fsp3) is 0.250. The molecule has 0 fully saturated rings. The third-order valence-electron chi connectivity index (χ3n) is 2.66. The lowest BCUT2D eigenvalue weighted by Gasteiger charge is -2.12. The number of hydrogen-bond donors (Lipinski definition) is 2. The minimum atomic E-state index is -4.58. The van der Waals surface area contributed by atoms with Crippen molar-refractivity contribution in [1.29, 1.82) is 0 Å². The molecule has 2 aromatic rings. The molecule has 0 aromatic carbocycles. The Balaban J connectivity index is 2.31. The second kappa shape index (κ2) is 5.43. The summed E-state index contributed by atoms with van der Waals surface area (Å²) in [6.07, 6.45) is -2.40. The number of ether oxygens (including phenoxy) is 1. The third kappa shape index (κ3) is 3.30. The van der Waals surface area contributed by atoms with Crippen LogP contribution in [0.2, 0.25) is 0 Å². The van der Waals surface area contributed by atoms with E-state index >= 15 is 0 Å². The van der Waals surface area contributed by atoms with Gasteiger partial charge in [-0.3, -0.25) is 0 Å². The second-order valence-electron chi connectivity index (χ2n) is 4.16. The molecule has 0 atom stereocenters. The minimum Gasteiger partial charge on any atom is -0.481 e. The van der Waals surface area contributed by atoms with Gasteiger partial charge in [0.15, 0.2) is 0 Å². The topological polar surface area (TPSA) is 86.0 Å². The van der Waals surface area contributed by atoms with Crippen molar-refractivity contribution < 1.29 is 17.9 Å². The van der Waals surface area contributed by atoms with Gasteiger partial charge in [-0.15, -0.1) is 0 Å². The fourth-order valence-electron chi connectivity index (χ4n) is 1.54. The highest BCUT2D eigenvalue weighted by Gasteiger charge is 2.34. The zero-order valence-corrected chi connectivity index (χ0v) is 11.2. The van der Waals surface area contributed by atoms with Crippen molar-refractivity contribution in [3.05, 3.63) is 29.6 Å². The van der Waals surface area contributed by atoms with Gasteiger partial charge in [0.05, 0.1) is 12.8 Å². The van der Waals surface area contributed by atoms with Crippen LogP contribution in [0.5, 0.6) is 5.88 Å². The van der Waals surface area contributed by atoms with Crippen molar-refractivity contribution in [2.24, 2.45) is 0 Å². The van der Waals surface area contributed by atoms with Gasteiger partial charge in [0.25, 0.3) is 0 Å². The van der Waals surface area contributed by atoms with Crippen LogP contribution in [0.15, 0.2) is 18.5 Å². The number of nitrogens with two attached hydrogens (primary N) is 1. The van der Waals surface area contributed by atoms with Crippen LogP contribution in [0.4, 0.5) is 30.6 Å². The van der Waals surface area contributed by atoms with Crippen molar-refractivity contribution >= 4 is 17.5 Å². The molecule has 0 amide bonds. The molecule has 21 heavy (non-hydrogen) atoms. The van der Waals surface area contributed by atoms with Gasteiger partial charge in [0.2, 0.25) is 11.8 Å². The molecule has 0 bridgehead atoms. The number of aryl methyl sites for hydroxylation is 1. The number of pyridine rings is 1. The summed E-state index contributed by atoms with van der Waals surface area (Å²) < 4.78 is 42.7. The molecular weight excluding hydrogens is 287 g/mol. The lowest BCUT2D eigenvalue weighted by molar-refractivity contribution is -0.137. The zero-order chi connectivity index (χ0) is 15.6. The van der Waals surface area contributed by atoms with E-state index in [0.29, 0.717) is 17.8 Å². The lowest BCUT2D eigenvalue weighted by Crippen LogP contribution is -2.12. The third-order valence-corrected chi connectivity index (χ3v) is 2.66. The number of nitrogen functional groups attached to an aromatic ring is 1. The summed E-state index contributed by atoms with van der Waals surface area (Å²) in [5.41, 5.74) is 5.54. The number of anilines is 3. The van der Waals surface area contributed by atoms with Gasteiger partial charge in [-0.05, 0) is 12.5 Å². The van der Waals surface area contributed by atoms with E-state index in [4.69, 9.17) is 10.5 Å². The van der Waals surface area contributed by atoms with Crippen molar-refractivity contribution in [2.75, 3.05) is 18.2 Å². The van der Waals surface area contributed by atoms with Gasteiger partial charge in [0, 0.05) is 18.5 Å². The monoisotopic (exact) mass is 299 g/mol. The molecular formula is C12H12F3N5O. The van der Waals surface area contributed by atoms with Gasteiger partial charge in [-0.25, -0.2) is 9.97 Å². The molecule has 0 unspecified atom stereocenters. The zero-order valence-electron chi connectivity index (χ0n) is 11.2. The molecule has 0 spiro atoms. The first-order chi connectivity index (χ1) is 9.81. The Labute approximate surface area is 118 Å². The molecule has 0 aliphatic carbocycles. The number of nitrogens with zero attached hydrogens (tertiary/aromatic N) is 3. The number of rotatable bonds is 3. The normalized spacial score (nSPS) is 11.3. The number of methoxy groups -OCH3 is 1. The highest BCUT2D eigenvalue weighted by molar-refractivity contribution is 5.60. The smallest absolute Gasteiger partial charge is 0.421 e. The average Bonchev–Trinajstić information content (AvgIpc) is 2.40. The Hall–Kier alpha value is -2.58. The van der Waals surface area contributed by atoms with Crippen LogP contribution < -0.4 is 15.8 Å². The summed E-state index contributed by atoms with van der Waals surface area (Å²) in [6.45, 7) is 1.77. The van der Waals surface area contributed by atoms with E-state index < -0.39 is 17.6 Å². The van der Waals surface area contributed by atoms with Gasteiger partial charge >= 0.3 is 6.18 Å². The van der Waals surface area contributed by atoms with Gasteiger partial charge in [-0.1, -0.05) is 0 Å². The molecule has 0 radical (unpaired) electrons. The molecule has 6 nitrogen and oxygen atoms in total. The summed E-state index contributed by atoms with van der Waals surface area (Å²) in [5, 5.41) is 2.78. The standard InChI is InChI=1S/C12H12F3N5O/c1-6-4-17-9(21-2)3-8(6)19-11-18-5-7(10(16)20-11)12(13,14)15/h3-5H,1-2H3,(H3,16,17,18,19,20). The highest BCUT2D eigenvalue weighted by atomic mass is 19.4. The Kier molecular flexibility index (Phi) is 3.83. The quantitative estimate of drug-likeness (QED) is 0.905. The number of halogens is 3. The predicted molar refractivity (Wildman–Crippen MR) is 70.3 cm³/mol. The first-order valence-corrected chi connectivity index (χ1v) is 5.78. The largest absolute Gasteiger partial charge is 0.481 e. The number of aromatic nitrogens is 3. The van der Waals surface area contributed by atoms with E-state index in [1.165, 1.54) is 7.11 Å². The summed E-state index contributed by atoms with van der Waals surface area (Å²) in [4.78, 5) is 11.2. The van der Waals surface area contributed by atoms with Crippen LogP contribution in [0.1, 0.15) is 11.1 Å². The van der Waals surface area contributed by atoms with Crippen LogP contribution in [-0.4, -0.2) is 22.1 Å². The van der Waals surface area contributed by atoms with Gasteiger partial charge in [0.1, 0.15) is 11.4 Å². The van der Waals surface area contributed by atoms with Crippen molar-refractivity contribution in [2.45, 2.75) is 13.1 Å². The van der Waals surface area contributed by atoms with E-state index in [1.54, 1.807) is 19.2 Å². The number of alkyl halides is 3. The molecule has 0 aliphatic heterocycles. The Morgan fingerprint density at radius 2 is 1.95 bits per heavy atom. The highest BCUT2D eigenvalue weighted by Crippen LogP contribution is 2.32. The predicted octanol–water partition coefficient (Wildman–Crippen LogP) is 2.53. The maximum absolute atomic E-state index is 12.6. The minimum absolute atomic E-state index is 0.0446. The lowest BCUT2D eigenvalue weighted by atomic mass is 10.2. The Bertz CT molecular complexity index is 660. The molecule has 0 aliphatic rings. The van der Waals surface area contributed by atoms with Crippen molar-refractivity contribution in [3.63, 3.8) is 0 Å². The van der Waals surface area contributed by atoms with Crippen LogP contribution in [-0.2, 0) is 6.18 Å². The van der Waals surface area contributed by atoms with E-state index in [2.05, 4.69) is 20.3 Å². The van der Waals surface area contributed by atoms with Crippen LogP contribution in [0.25, 0.3) is 0 Å². The van der Waals surface area contributed by atoms with E-state index in [-0.39, 0.29) is 5.95 Å². The average molecular weight is 299 g/mol. The van der Waals surface area contributed by atoms with Crippen LogP contribution in [0.3, 0.4) is 0 Å². The number of hydrogen-bond acceptors (Lipinski definition) is 6. The van der Waals surface area contributed by atoms with Crippen molar-refractivity contribution in [1.82, 2.24) is 15.0 Å². The molecule has 3 N–H and O–H groups in total. The van der Waals surface area contributed by atoms with E-state index in [0.717, 1.165) is 5.56 Å². The Morgan fingerprint density at radius 1 is 1.24 bits per heavy atom. The van der Waals surface area contributed by atoms with Crippen LogP contribution in [0, 0.1) is 6.92 Å². The molecule has 0 saturated heterocycles. The molecule has 2 heterocycles. The Morgan fingerprint density at radius 3 is 2.52 bits per heavy atom. The molecule has 9 heteroatoms. The maximum atomic E-state index is 12.6. The molecule has 2 rings (SSSR count). The summed E-state index contributed by atoms with van der Waals surface area (Å²) >= 11 is 0. The summed E-state index contributed by atoms with van der Waals surface area (Å²) in [6, 6.07) is 1.58. The van der Waals surface area contributed by atoms with Crippen LogP contribution >= 0.6 is 0 Å². The summed E-state index contributed by atoms with van der Waals surface area (Å²) in [5.74, 6) is -0.335. The maximum Gasteiger partial charge on any atom is 0.421 e. The second-order valence-corrected chi connectivity index (χ2v) is 4.16. The molecule has 2 aromatic heterocycles. The fourth-order valence-corrected chi connectivity index (χ4v) is 1.54. The van der Waals surface area contributed by atoms with Gasteiger partial charge in [-0.2, -0.15) is 18.2 Å². The number of nitrogens with one attached hydrogen (secondary N) is 1. The first kappa shape index (κ1) is 14.8.